The van der Waals surface area contributed by atoms with Gasteiger partial charge in [-0.25, -0.2) is 17.6 Å². The second-order valence-corrected chi connectivity index (χ2v) is 11.7. The van der Waals surface area contributed by atoms with Crippen LogP contribution in [0.15, 0.2) is 77.7 Å². The summed E-state index contributed by atoms with van der Waals surface area (Å²) < 4.78 is 38.2. The molecule has 6 nitrogen and oxygen atoms in total. The number of rotatable bonds is 8. The van der Waals surface area contributed by atoms with Gasteiger partial charge in [0, 0.05) is 29.5 Å². The van der Waals surface area contributed by atoms with Crippen LogP contribution in [0.25, 0.3) is 17.2 Å². The molecule has 0 saturated heterocycles. The van der Waals surface area contributed by atoms with Crippen LogP contribution in [0.1, 0.15) is 43.2 Å². The van der Waals surface area contributed by atoms with Gasteiger partial charge in [-0.2, -0.15) is 0 Å². The Bertz CT molecular complexity index is 1460. The number of hydrogen-bond donors (Lipinski definition) is 1. The van der Waals surface area contributed by atoms with E-state index in [1.165, 1.54) is 18.2 Å². The van der Waals surface area contributed by atoms with E-state index in [-0.39, 0.29) is 22.3 Å². The fourth-order valence-electron chi connectivity index (χ4n) is 4.76. The number of hydrogen-bond acceptors (Lipinski definition) is 4. The highest BCUT2D eigenvalue weighted by Crippen LogP contribution is 2.30. The Balaban J connectivity index is 1.62. The lowest BCUT2D eigenvalue weighted by molar-refractivity contribution is -0.131. The Labute approximate surface area is 222 Å². The lowest BCUT2D eigenvalue weighted by atomic mass is 9.88. The minimum absolute atomic E-state index is 0.0375. The SMILES string of the molecule is CS(=O)(=O)c1ccc(-c2ccc(CN(C(=O)C3CCCCC3)c3cccc(C=CC(=O)O)c3)cc2)c(F)c1. The molecule has 3 aromatic rings. The van der Waals surface area contributed by atoms with Crippen LogP contribution in [0.4, 0.5) is 10.1 Å². The first kappa shape index (κ1) is 27.3. The number of anilines is 1. The van der Waals surface area contributed by atoms with Crippen LogP contribution in [-0.2, 0) is 26.0 Å². The van der Waals surface area contributed by atoms with E-state index in [1.807, 2.05) is 18.2 Å². The molecule has 38 heavy (non-hydrogen) atoms. The van der Waals surface area contributed by atoms with E-state index in [4.69, 9.17) is 5.11 Å². The summed E-state index contributed by atoms with van der Waals surface area (Å²) in [6.07, 6.45) is 8.44. The molecule has 1 amide bonds. The zero-order valence-electron chi connectivity index (χ0n) is 21.1. The van der Waals surface area contributed by atoms with Gasteiger partial charge in [0.15, 0.2) is 9.84 Å². The van der Waals surface area contributed by atoms with Crippen molar-refractivity contribution in [2.45, 2.75) is 43.5 Å². The van der Waals surface area contributed by atoms with E-state index in [9.17, 15) is 22.4 Å². The van der Waals surface area contributed by atoms with Crippen molar-refractivity contribution in [1.29, 1.82) is 0 Å². The Morgan fingerprint density at radius 1 is 1.00 bits per heavy atom. The molecule has 0 heterocycles. The van der Waals surface area contributed by atoms with Gasteiger partial charge in [0.25, 0.3) is 0 Å². The van der Waals surface area contributed by atoms with Crippen LogP contribution in [0, 0.1) is 11.7 Å². The Kier molecular flexibility index (Phi) is 8.42. The maximum atomic E-state index is 14.7. The molecule has 198 valence electrons. The molecule has 0 bridgehead atoms. The largest absolute Gasteiger partial charge is 0.478 e. The number of carboxylic acids is 1. The summed E-state index contributed by atoms with van der Waals surface area (Å²) in [5.41, 5.74) is 3.08. The number of aliphatic carboxylic acids is 1. The number of carboxylic acid groups (broad SMARTS) is 1. The van der Waals surface area contributed by atoms with Gasteiger partial charge >= 0.3 is 5.97 Å². The molecule has 4 rings (SSSR count). The minimum Gasteiger partial charge on any atom is -0.478 e. The van der Waals surface area contributed by atoms with Gasteiger partial charge in [-0.3, -0.25) is 4.79 Å². The van der Waals surface area contributed by atoms with Crippen LogP contribution in [0.2, 0.25) is 0 Å². The fraction of sp³-hybridized carbons (Fsp3) is 0.267. The standard InChI is InChI=1S/C30H30FNO5S/c1-38(36,37)26-15-16-27(28(31)19-26)23-13-10-22(11-14-23)20-32(30(35)24-7-3-2-4-8-24)25-9-5-6-21(18-25)12-17-29(33)34/h5-6,9-19,24H,2-4,7-8,20H2,1H3,(H,33,34). The molecule has 0 radical (unpaired) electrons. The smallest absolute Gasteiger partial charge is 0.328 e. The third kappa shape index (κ3) is 6.75. The molecular formula is C30H30FNO5S. The summed E-state index contributed by atoms with van der Waals surface area (Å²) in [5.74, 6) is -1.70. The fourth-order valence-corrected chi connectivity index (χ4v) is 5.40. The average Bonchev–Trinajstić information content (AvgIpc) is 2.91. The first-order valence-electron chi connectivity index (χ1n) is 12.5. The molecule has 0 atom stereocenters. The highest BCUT2D eigenvalue weighted by molar-refractivity contribution is 7.90. The van der Waals surface area contributed by atoms with Gasteiger partial charge in [-0.15, -0.1) is 0 Å². The molecule has 1 N–H and O–H groups in total. The predicted molar refractivity (Wildman–Crippen MR) is 146 cm³/mol. The lowest BCUT2D eigenvalue weighted by Crippen LogP contribution is -2.36. The van der Waals surface area contributed by atoms with Crippen molar-refractivity contribution in [1.82, 2.24) is 0 Å². The summed E-state index contributed by atoms with van der Waals surface area (Å²) in [6, 6.07) is 18.2. The van der Waals surface area contributed by atoms with Gasteiger partial charge < -0.3 is 10.0 Å². The van der Waals surface area contributed by atoms with E-state index in [0.717, 1.165) is 56.1 Å². The Hall–Kier alpha value is -3.78. The maximum absolute atomic E-state index is 14.7. The predicted octanol–water partition coefficient (Wildman–Crippen LogP) is 6.11. The molecule has 1 aliphatic carbocycles. The number of sulfone groups is 1. The van der Waals surface area contributed by atoms with Gasteiger partial charge in [0.05, 0.1) is 11.4 Å². The number of amides is 1. The number of halogens is 1. The summed E-state index contributed by atoms with van der Waals surface area (Å²) >= 11 is 0. The molecule has 0 aliphatic heterocycles. The second-order valence-electron chi connectivity index (χ2n) is 9.64. The van der Waals surface area contributed by atoms with Crippen molar-refractivity contribution in [3.63, 3.8) is 0 Å². The molecular weight excluding hydrogens is 505 g/mol. The molecule has 0 unspecified atom stereocenters. The number of nitrogens with zero attached hydrogens (tertiary/aromatic N) is 1. The summed E-state index contributed by atoms with van der Waals surface area (Å²) in [4.78, 5) is 26.3. The van der Waals surface area contributed by atoms with Crippen molar-refractivity contribution < 1.29 is 27.5 Å². The third-order valence-corrected chi connectivity index (χ3v) is 7.91. The van der Waals surface area contributed by atoms with Gasteiger partial charge in [0.2, 0.25) is 5.91 Å². The van der Waals surface area contributed by atoms with E-state index in [0.29, 0.717) is 23.4 Å². The normalized spacial score (nSPS) is 14.5. The first-order chi connectivity index (χ1) is 18.1. The molecule has 0 aromatic heterocycles. The maximum Gasteiger partial charge on any atom is 0.328 e. The van der Waals surface area contributed by atoms with E-state index in [1.54, 1.807) is 35.2 Å². The van der Waals surface area contributed by atoms with Gasteiger partial charge in [-0.05, 0) is 59.9 Å². The highest BCUT2D eigenvalue weighted by atomic mass is 32.2. The van der Waals surface area contributed by atoms with Gasteiger partial charge in [0.1, 0.15) is 5.82 Å². The van der Waals surface area contributed by atoms with E-state index >= 15 is 0 Å². The minimum atomic E-state index is -3.51. The zero-order chi connectivity index (χ0) is 27.3. The van der Waals surface area contributed by atoms with Crippen molar-refractivity contribution in [2.24, 2.45) is 5.92 Å². The molecule has 1 fully saturated rings. The topological polar surface area (TPSA) is 91.8 Å². The van der Waals surface area contributed by atoms with E-state index in [2.05, 4.69) is 0 Å². The van der Waals surface area contributed by atoms with Gasteiger partial charge in [-0.1, -0.05) is 61.7 Å². The lowest BCUT2D eigenvalue weighted by Gasteiger charge is -2.30. The number of benzene rings is 3. The zero-order valence-corrected chi connectivity index (χ0v) is 22.0. The Morgan fingerprint density at radius 3 is 2.34 bits per heavy atom. The van der Waals surface area contributed by atoms with Crippen LogP contribution >= 0.6 is 0 Å². The Morgan fingerprint density at radius 2 is 1.71 bits per heavy atom. The molecule has 3 aromatic carbocycles. The van der Waals surface area contributed by atoms with Crippen molar-refractivity contribution >= 4 is 33.5 Å². The number of carbonyl (C=O) groups excluding carboxylic acids is 1. The molecule has 0 spiro atoms. The molecule has 1 saturated carbocycles. The quantitative estimate of drug-likeness (QED) is 0.352. The van der Waals surface area contributed by atoms with Crippen LogP contribution in [0.5, 0.6) is 0 Å². The second kappa shape index (κ2) is 11.7. The number of carbonyl (C=O) groups is 2. The van der Waals surface area contributed by atoms with E-state index < -0.39 is 21.6 Å². The van der Waals surface area contributed by atoms with Crippen molar-refractivity contribution in [3.05, 3.63) is 89.8 Å². The summed E-state index contributed by atoms with van der Waals surface area (Å²) in [7, 11) is -3.51. The van der Waals surface area contributed by atoms with Crippen LogP contribution < -0.4 is 4.90 Å². The van der Waals surface area contributed by atoms with Crippen molar-refractivity contribution in [3.8, 4) is 11.1 Å². The molecule has 8 heteroatoms. The van der Waals surface area contributed by atoms with Crippen molar-refractivity contribution in [2.75, 3.05) is 11.2 Å². The molecule has 1 aliphatic rings. The average molecular weight is 536 g/mol. The van der Waals surface area contributed by atoms with Crippen LogP contribution in [0.3, 0.4) is 0 Å². The monoisotopic (exact) mass is 535 g/mol. The summed E-state index contributed by atoms with van der Waals surface area (Å²) in [6.45, 7) is 0.303. The third-order valence-electron chi connectivity index (χ3n) is 6.80. The van der Waals surface area contributed by atoms with Crippen LogP contribution in [-0.4, -0.2) is 31.7 Å². The summed E-state index contributed by atoms with van der Waals surface area (Å²) in [5, 5.41) is 8.98. The first-order valence-corrected chi connectivity index (χ1v) is 14.4. The highest BCUT2D eigenvalue weighted by Gasteiger charge is 2.27.